The summed E-state index contributed by atoms with van der Waals surface area (Å²) < 4.78 is 5.48. The number of thiophene rings is 1. The number of thioether (sulfide) groups is 1. The van der Waals surface area contributed by atoms with Crippen LogP contribution in [0.2, 0.25) is 0 Å². The van der Waals surface area contributed by atoms with E-state index in [-0.39, 0.29) is 18.0 Å². The summed E-state index contributed by atoms with van der Waals surface area (Å²) in [5.74, 6) is 0.478. The monoisotopic (exact) mass is 431 g/mol. The number of esters is 1. The molecule has 1 atom stereocenters. The highest BCUT2D eigenvalue weighted by Gasteiger charge is 2.29. The van der Waals surface area contributed by atoms with E-state index in [2.05, 4.69) is 30.4 Å². The van der Waals surface area contributed by atoms with E-state index in [1.54, 1.807) is 0 Å². The maximum atomic E-state index is 12.8. The summed E-state index contributed by atoms with van der Waals surface area (Å²) in [6, 6.07) is 6.25. The minimum absolute atomic E-state index is 0.0962. The minimum Gasteiger partial charge on any atom is -0.459 e. The predicted molar refractivity (Wildman–Crippen MR) is 121 cm³/mol. The van der Waals surface area contributed by atoms with Gasteiger partial charge in [0.1, 0.15) is 5.00 Å². The number of carbonyl (C=O) groups is 2. The van der Waals surface area contributed by atoms with Crippen molar-refractivity contribution < 1.29 is 14.3 Å². The van der Waals surface area contributed by atoms with Gasteiger partial charge in [0.05, 0.1) is 17.4 Å². The molecule has 6 heteroatoms. The molecule has 1 aliphatic carbocycles. The molecule has 0 saturated carbocycles. The van der Waals surface area contributed by atoms with Crippen molar-refractivity contribution in [3.05, 3.63) is 45.3 Å². The molecule has 156 valence electrons. The van der Waals surface area contributed by atoms with Gasteiger partial charge in [0.15, 0.2) is 0 Å². The molecular weight excluding hydrogens is 402 g/mol. The van der Waals surface area contributed by atoms with Gasteiger partial charge in [-0.1, -0.05) is 24.6 Å². The molecule has 0 radical (unpaired) electrons. The van der Waals surface area contributed by atoms with Gasteiger partial charge >= 0.3 is 5.97 Å². The van der Waals surface area contributed by atoms with Gasteiger partial charge in [0, 0.05) is 9.77 Å². The van der Waals surface area contributed by atoms with Crippen LogP contribution in [-0.2, 0) is 22.4 Å². The Morgan fingerprint density at radius 2 is 2.07 bits per heavy atom. The van der Waals surface area contributed by atoms with Crippen molar-refractivity contribution in [2.24, 2.45) is 5.92 Å². The van der Waals surface area contributed by atoms with E-state index in [9.17, 15) is 9.59 Å². The fourth-order valence-corrected chi connectivity index (χ4v) is 5.84. The van der Waals surface area contributed by atoms with Crippen molar-refractivity contribution in [3.63, 3.8) is 0 Å². The molecule has 4 nitrogen and oxygen atoms in total. The molecule has 1 aliphatic rings. The molecule has 1 heterocycles. The van der Waals surface area contributed by atoms with Gasteiger partial charge in [-0.05, 0) is 70.1 Å². The lowest BCUT2D eigenvalue weighted by molar-refractivity contribution is -0.113. The predicted octanol–water partition coefficient (Wildman–Crippen LogP) is 5.79. The second kappa shape index (κ2) is 9.35. The highest BCUT2D eigenvalue weighted by Crippen LogP contribution is 2.40. The van der Waals surface area contributed by atoms with Crippen molar-refractivity contribution in [1.82, 2.24) is 0 Å². The number of carbonyl (C=O) groups excluding carboxylic acids is 2. The smallest absolute Gasteiger partial charge is 0.341 e. The summed E-state index contributed by atoms with van der Waals surface area (Å²) in [5, 5.41) is 3.64. The number of benzene rings is 1. The van der Waals surface area contributed by atoms with Crippen LogP contribution in [0.4, 0.5) is 5.00 Å². The van der Waals surface area contributed by atoms with E-state index in [0.29, 0.717) is 22.2 Å². The van der Waals surface area contributed by atoms with Gasteiger partial charge in [0.25, 0.3) is 0 Å². The Bertz CT molecular complexity index is 917. The van der Waals surface area contributed by atoms with Crippen molar-refractivity contribution in [1.29, 1.82) is 0 Å². The first-order valence-corrected chi connectivity index (χ1v) is 11.9. The summed E-state index contributed by atoms with van der Waals surface area (Å²) in [6.45, 7) is 10.0. The Hall–Kier alpha value is -1.79. The molecule has 29 heavy (non-hydrogen) atoms. The first kappa shape index (κ1) is 21.9. The lowest BCUT2D eigenvalue weighted by Crippen LogP contribution is -2.19. The van der Waals surface area contributed by atoms with Crippen LogP contribution >= 0.6 is 23.1 Å². The summed E-state index contributed by atoms with van der Waals surface area (Å²) in [5.41, 5.74) is 3.97. The minimum atomic E-state index is -0.329. The van der Waals surface area contributed by atoms with E-state index in [0.717, 1.165) is 35.3 Å². The van der Waals surface area contributed by atoms with Crippen LogP contribution in [0.5, 0.6) is 0 Å². The van der Waals surface area contributed by atoms with Gasteiger partial charge in [-0.25, -0.2) is 4.79 Å². The normalized spacial score (nSPS) is 15.9. The van der Waals surface area contributed by atoms with Crippen molar-refractivity contribution in [3.8, 4) is 0 Å². The van der Waals surface area contributed by atoms with Crippen LogP contribution in [0.3, 0.4) is 0 Å². The van der Waals surface area contributed by atoms with Crippen LogP contribution < -0.4 is 5.32 Å². The average molecular weight is 432 g/mol. The molecule has 1 N–H and O–H groups in total. The number of fused-ring (bicyclic) bond motifs is 1. The third-order valence-corrected chi connectivity index (χ3v) is 7.34. The summed E-state index contributed by atoms with van der Waals surface area (Å²) in [4.78, 5) is 27.8. The lowest BCUT2D eigenvalue weighted by Gasteiger charge is -2.18. The highest BCUT2D eigenvalue weighted by atomic mass is 32.2. The number of aryl methyl sites for hydroxylation is 2. The standard InChI is InChI=1S/C23H29NO3S2/c1-13(2)27-23(26)21-17-9-7-15(4)11-19(17)29-22(21)24-20(25)12-28-18-10-14(3)6-8-16(18)5/h6,8,10,13,15H,7,9,11-12H2,1-5H3,(H,24,25). The van der Waals surface area contributed by atoms with Gasteiger partial charge in [-0.15, -0.1) is 23.1 Å². The number of nitrogens with one attached hydrogen (secondary N) is 1. The van der Waals surface area contributed by atoms with E-state index in [1.807, 2.05) is 27.7 Å². The molecule has 0 aliphatic heterocycles. The largest absolute Gasteiger partial charge is 0.459 e. The van der Waals surface area contributed by atoms with Crippen molar-refractivity contribution in [2.45, 2.75) is 64.9 Å². The summed E-state index contributed by atoms with van der Waals surface area (Å²) in [7, 11) is 0. The third kappa shape index (κ3) is 5.43. The summed E-state index contributed by atoms with van der Waals surface area (Å²) in [6.07, 6.45) is 2.68. The summed E-state index contributed by atoms with van der Waals surface area (Å²) >= 11 is 3.06. The van der Waals surface area contributed by atoms with Crippen LogP contribution in [0, 0.1) is 19.8 Å². The number of amides is 1. The second-order valence-electron chi connectivity index (χ2n) is 8.12. The van der Waals surface area contributed by atoms with Crippen LogP contribution in [-0.4, -0.2) is 23.7 Å². The van der Waals surface area contributed by atoms with Gasteiger partial charge in [-0.3, -0.25) is 4.79 Å². The third-order valence-electron chi connectivity index (χ3n) is 5.01. The van der Waals surface area contributed by atoms with E-state index >= 15 is 0 Å². The molecule has 0 bridgehead atoms. The number of rotatable bonds is 6. The molecule has 1 unspecified atom stereocenters. The molecule has 1 aromatic heterocycles. The highest BCUT2D eigenvalue weighted by molar-refractivity contribution is 8.00. The van der Waals surface area contributed by atoms with Gasteiger partial charge in [-0.2, -0.15) is 0 Å². The average Bonchev–Trinajstić information content (AvgIpc) is 2.98. The van der Waals surface area contributed by atoms with Crippen molar-refractivity contribution >= 4 is 40.0 Å². The number of hydrogen-bond acceptors (Lipinski definition) is 5. The fraction of sp³-hybridized carbons (Fsp3) is 0.478. The van der Waals surface area contributed by atoms with Crippen LogP contribution in [0.25, 0.3) is 0 Å². The van der Waals surface area contributed by atoms with Crippen LogP contribution in [0.1, 0.15) is 59.1 Å². The Kier molecular flexibility index (Phi) is 7.06. The van der Waals surface area contributed by atoms with Gasteiger partial charge in [0.2, 0.25) is 5.91 Å². The lowest BCUT2D eigenvalue weighted by atomic mass is 9.88. The Balaban J connectivity index is 1.77. The fourth-order valence-electron chi connectivity index (χ4n) is 3.50. The maximum Gasteiger partial charge on any atom is 0.341 e. The van der Waals surface area contributed by atoms with E-state index < -0.39 is 0 Å². The maximum absolute atomic E-state index is 12.8. The molecule has 1 amide bonds. The van der Waals surface area contributed by atoms with E-state index in [4.69, 9.17) is 4.74 Å². The first-order chi connectivity index (χ1) is 13.7. The Labute approximate surface area is 181 Å². The molecule has 0 fully saturated rings. The molecular formula is C23H29NO3S2. The quantitative estimate of drug-likeness (QED) is 0.465. The number of ether oxygens (including phenoxy) is 1. The first-order valence-electron chi connectivity index (χ1n) is 10.1. The zero-order chi connectivity index (χ0) is 21.1. The zero-order valence-corrected chi connectivity index (χ0v) is 19.4. The molecule has 0 spiro atoms. The Morgan fingerprint density at radius 1 is 1.31 bits per heavy atom. The van der Waals surface area contributed by atoms with Crippen LogP contribution in [0.15, 0.2) is 23.1 Å². The molecule has 0 saturated heterocycles. The SMILES string of the molecule is Cc1ccc(C)c(SCC(=O)Nc2sc3c(c2C(=O)OC(C)C)CCC(C)C3)c1. The van der Waals surface area contributed by atoms with Gasteiger partial charge < -0.3 is 10.1 Å². The molecule has 2 aromatic rings. The number of hydrogen-bond donors (Lipinski definition) is 1. The molecule has 3 rings (SSSR count). The number of anilines is 1. The molecule has 1 aromatic carbocycles. The second-order valence-corrected chi connectivity index (χ2v) is 10.2. The topological polar surface area (TPSA) is 55.4 Å². The Morgan fingerprint density at radius 3 is 2.79 bits per heavy atom. The zero-order valence-electron chi connectivity index (χ0n) is 17.8. The van der Waals surface area contributed by atoms with E-state index in [1.165, 1.54) is 33.5 Å². The van der Waals surface area contributed by atoms with Crippen molar-refractivity contribution in [2.75, 3.05) is 11.1 Å².